The van der Waals surface area contributed by atoms with E-state index in [1.165, 1.54) is 6.92 Å². The second kappa shape index (κ2) is 6.50. The highest BCUT2D eigenvalue weighted by atomic mass is 16.2. The lowest BCUT2D eigenvalue weighted by atomic mass is 10.0. The normalized spacial score (nSPS) is 18.7. The van der Waals surface area contributed by atoms with Gasteiger partial charge in [0.2, 0.25) is 17.7 Å². The van der Waals surface area contributed by atoms with Crippen molar-refractivity contribution in [1.29, 1.82) is 0 Å². The minimum absolute atomic E-state index is 0.0286. The van der Waals surface area contributed by atoms with Crippen molar-refractivity contribution in [2.24, 2.45) is 5.41 Å². The van der Waals surface area contributed by atoms with Crippen molar-refractivity contribution in [1.82, 2.24) is 9.80 Å². The molecule has 1 aliphatic carbocycles. The highest BCUT2D eigenvalue weighted by molar-refractivity contribution is 6.13. The Kier molecular flexibility index (Phi) is 4.54. The maximum atomic E-state index is 12.9. The van der Waals surface area contributed by atoms with Gasteiger partial charge in [-0.3, -0.25) is 14.4 Å². The standard InChI is InChI=1S/C19H25N3O3/c1-13-4-5-14(2)16(12-13)20-17(24)19(6-7-19)18(25)22-10-8-21(9-11-22)15(3)23/h4-5,12H,6-11H2,1-3H3,(H,20,24). The Labute approximate surface area is 148 Å². The second-order valence-corrected chi connectivity index (χ2v) is 7.15. The van der Waals surface area contributed by atoms with E-state index in [1.54, 1.807) is 9.80 Å². The third-order valence-electron chi connectivity index (χ3n) is 5.25. The van der Waals surface area contributed by atoms with Crippen LogP contribution in [0.4, 0.5) is 5.69 Å². The fourth-order valence-electron chi connectivity index (χ4n) is 3.30. The molecule has 6 nitrogen and oxygen atoms in total. The summed E-state index contributed by atoms with van der Waals surface area (Å²) in [6.45, 7) is 7.52. The molecule has 1 aromatic rings. The first-order chi connectivity index (χ1) is 11.8. The molecule has 0 unspecified atom stereocenters. The Morgan fingerprint density at radius 2 is 1.60 bits per heavy atom. The van der Waals surface area contributed by atoms with Crippen LogP contribution >= 0.6 is 0 Å². The molecule has 0 atom stereocenters. The number of aryl methyl sites for hydroxylation is 2. The molecule has 25 heavy (non-hydrogen) atoms. The first-order valence-electron chi connectivity index (χ1n) is 8.77. The van der Waals surface area contributed by atoms with Crippen LogP contribution < -0.4 is 5.32 Å². The molecule has 0 bridgehead atoms. The summed E-state index contributed by atoms with van der Waals surface area (Å²) in [4.78, 5) is 40.6. The van der Waals surface area contributed by atoms with Crippen LogP contribution in [0.15, 0.2) is 18.2 Å². The quantitative estimate of drug-likeness (QED) is 0.850. The number of piperazine rings is 1. The number of anilines is 1. The minimum atomic E-state index is -0.922. The number of carbonyl (C=O) groups is 3. The number of benzene rings is 1. The van der Waals surface area contributed by atoms with E-state index < -0.39 is 5.41 Å². The first-order valence-corrected chi connectivity index (χ1v) is 8.77. The predicted octanol–water partition coefficient (Wildman–Crippen LogP) is 1.71. The number of hydrogen-bond donors (Lipinski definition) is 1. The van der Waals surface area contributed by atoms with Crippen LogP contribution in [0, 0.1) is 19.3 Å². The lowest BCUT2D eigenvalue weighted by Crippen LogP contribution is -2.53. The zero-order valence-electron chi connectivity index (χ0n) is 15.1. The lowest BCUT2D eigenvalue weighted by Gasteiger charge is -2.36. The highest BCUT2D eigenvalue weighted by Crippen LogP contribution is 2.48. The van der Waals surface area contributed by atoms with E-state index in [0.717, 1.165) is 16.8 Å². The molecule has 6 heteroatoms. The Bertz CT molecular complexity index is 717. The molecule has 3 rings (SSSR count). The van der Waals surface area contributed by atoms with Gasteiger partial charge < -0.3 is 15.1 Å². The fourth-order valence-corrected chi connectivity index (χ4v) is 3.30. The number of hydrogen-bond acceptors (Lipinski definition) is 3. The van der Waals surface area contributed by atoms with Crippen molar-refractivity contribution >= 4 is 23.4 Å². The summed E-state index contributed by atoms with van der Waals surface area (Å²) in [6.07, 6.45) is 1.19. The van der Waals surface area contributed by atoms with Crippen LogP contribution in [0.5, 0.6) is 0 Å². The largest absolute Gasteiger partial charge is 0.339 e. The zero-order chi connectivity index (χ0) is 18.2. The molecular formula is C19H25N3O3. The Balaban J connectivity index is 1.67. The summed E-state index contributed by atoms with van der Waals surface area (Å²) in [5, 5.41) is 2.95. The number of nitrogens with one attached hydrogen (secondary N) is 1. The fraction of sp³-hybridized carbons (Fsp3) is 0.526. The summed E-state index contributed by atoms with van der Waals surface area (Å²) in [7, 11) is 0. The van der Waals surface area contributed by atoms with E-state index in [1.807, 2.05) is 32.0 Å². The highest BCUT2D eigenvalue weighted by Gasteiger charge is 2.58. The third kappa shape index (κ3) is 3.38. The van der Waals surface area contributed by atoms with E-state index in [2.05, 4.69) is 5.32 Å². The van der Waals surface area contributed by atoms with Crippen molar-refractivity contribution in [2.45, 2.75) is 33.6 Å². The van der Waals surface area contributed by atoms with Gasteiger partial charge in [0.1, 0.15) is 5.41 Å². The Hall–Kier alpha value is -2.37. The smallest absolute Gasteiger partial charge is 0.240 e. The average Bonchev–Trinajstić information content (AvgIpc) is 3.39. The summed E-state index contributed by atoms with van der Waals surface area (Å²) in [5.41, 5.74) is 1.90. The maximum Gasteiger partial charge on any atom is 0.240 e. The van der Waals surface area contributed by atoms with Gasteiger partial charge in [-0.05, 0) is 43.9 Å². The molecule has 0 spiro atoms. The van der Waals surface area contributed by atoms with Crippen LogP contribution in [0.1, 0.15) is 30.9 Å². The SMILES string of the molecule is CC(=O)N1CCN(C(=O)C2(C(=O)Nc3cc(C)ccc3C)CC2)CC1. The summed E-state index contributed by atoms with van der Waals surface area (Å²) in [5.74, 6) is -0.278. The summed E-state index contributed by atoms with van der Waals surface area (Å²) in [6, 6.07) is 5.89. The number of amides is 3. The molecule has 1 saturated carbocycles. The number of rotatable bonds is 3. The molecule has 0 aromatic heterocycles. The van der Waals surface area contributed by atoms with Gasteiger partial charge in [-0.2, -0.15) is 0 Å². The number of nitrogens with zero attached hydrogens (tertiary/aromatic N) is 2. The van der Waals surface area contributed by atoms with Gasteiger partial charge >= 0.3 is 0 Å². The van der Waals surface area contributed by atoms with Crippen LogP contribution in [-0.2, 0) is 14.4 Å². The zero-order valence-corrected chi connectivity index (χ0v) is 15.1. The van der Waals surface area contributed by atoms with Crippen molar-refractivity contribution in [3.63, 3.8) is 0 Å². The topological polar surface area (TPSA) is 69.7 Å². The van der Waals surface area contributed by atoms with Crippen molar-refractivity contribution in [2.75, 3.05) is 31.5 Å². The molecular weight excluding hydrogens is 318 g/mol. The van der Waals surface area contributed by atoms with E-state index in [9.17, 15) is 14.4 Å². The average molecular weight is 343 g/mol. The van der Waals surface area contributed by atoms with Gasteiger partial charge in [0.25, 0.3) is 0 Å². The van der Waals surface area contributed by atoms with Crippen molar-refractivity contribution in [3.05, 3.63) is 29.3 Å². The van der Waals surface area contributed by atoms with Gasteiger partial charge in [0.15, 0.2) is 0 Å². The Morgan fingerprint density at radius 3 is 2.16 bits per heavy atom. The van der Waals surface area contributed by atoms with Crippen LogP contribution in [-0.4, -0.2) is 53.7 Å². The molecule has 2 aliphatic rings. The first kappa shape index (κ1) is 17.5. The summed E-state index contributed by atoms with van der Waals surface area (Å²) >= 11 is 0. The van der Waals surface area contributed by atoms with E-state index >= 15 is 0 Å². The second-order valence-electron chi connectivity index (χ2n) is 7.15. The molecule has 2 fully saturated rings. The molecule has 1 aromatic carbocycles. The van der Waals surface area contributed by atoms with Gasteiger partial charge in [0, 0.05) is 38.8 Å². The lowest BCUT2D eigenvalue weighted by molar-refractivity contribution is -0.146. The molecule has 1 saturated heterocycles. The van der Waals surface area contributed by atoms with Gasteiger partial charge in [-0.25, -0.2) is 0 Å². The molecule has 1 aliphatic heterocycles. The Morgan fingerprint density at radius 1 is 1.00 bits per heavy atom. The predicted molar refractivity (Wildman–Crippen MR) is 95.0 cm³/mol. The molecule has 1 N–H and O–H groups in total. The maximum absolute atomic E-state index is 12.9. The van der Waals surface area contributed by atoms with E-state index in [-0.39, 0.29) is 17.7 Å². The minimum Gasteiger partial charge on any atom is -0.339 e. The third-order valence-corrected chi connectivity index (χ3v) is 5.25. The molecule has 134 valence electrons. The van der Waals surface area contributed by atoms with Crippen LogP contribution in [0.3, 0.4) is 0 Å². The van der Waals surface area contributed by atoms with E-state index in [0.29, 0.717) is 39.0 Å². The molecule has 1 heterocycles. The molecule has 3 amide bonds. The monoisotopic (exact) mass is 343 g/mol. The van der Waals surface area contributed by atoms with Gasteiger partial charge in [0.05, 0.1) is 0 Å². The van der Waals surface area contributed by atoms with Gasteiger partial charge in [-0.1, -0.05) is 12.1 Å². The summed E-state index contributed by atoms with van der Waals surface area (Å²) < 4.78 is 0. The van der Waals surface area contributed by atoms with E-state index in [4.69, 9.17) is 0 Å². The van der Waals surface area contributed by atoms with Crippen LogP contribution in [0.25, 0.3) is 0 Å². The van der Waals surface area contributed by atoms with Crippen molar-refractivity contribution in [3.8, 4) is 0 Å². The van der Waals surface area contributed by atoms with Crippen LogP contribution in [0.2, 0.25) is 0 Å². The van der Waals surface area contributed by atoms with Gasteiger partial charge in [-0.15, -0.1) is 0 Å². The number of carbonyl (C=O) groups excluding carboxylic acids is 3. The van der Waals surface area contributed by atoms with Crippen molar-refractivity contribution < 1.29 is 14.4 Å². The molecule has 0 radical (unpaired) electrons.